The van der Waals surface area contributed by atoms with Crippen LogP contribution in [0.5, 0.6) is 0 Å². The van der Waals surface area contributed by atoms with Gasteiger partial charge in [0.2, 0.25) is 0 Å². The minimum absolute atomic E-state index is 0.0944. The van der Waals surface area contributed by atoms with Gasteiger partial charge in [-0.15, -0.1) is 0 Å². The topological polar surface area (TPSA) is 48.3 Å². The number of thiazole rings is 1. The molecule has 0 aliphatic heterocycles. The molecule has 6 heteroatoms. The van der Waals surface area contributed by atoms with Gasteiger partial charge in [0.05, 0.1) is 6.61 Å². The molecule has 1 aromatic rings. The first-order valence-corrected chi connectivity index (χ1v) is 4.93. The molecule has 0 spiro atoms. The maximum absolute atomic E-state index is 13.4. The maximum atomic E-state index is 13.4. The number of carbonyl (C=O) groups is 1. The third-order valence-corrected chi connectivity index (χ3v) is 2.47. The van der Waals surface area contributed by atoms with Crippen LogP contribution in [0.1, 0.15) is 18.9 Å². The van der Waals surface area contributed by atoms with Gasteiger partial charge in [-0.3, -0.25) is 9.36 Å². The molecule has 1 heterocycles. The minimum atomic E-state index is -2.03. The van der Waals surface area contributed by atoms with E-state index in [2.05, 4.69) is 4.74 Å². The van der Waals surface area contributed by atoms with Gasteiger partial charge in [-0.1, -0.05) is 11.3 Å². The van der Waals surface area contributed by atoms with Crippen LogP contribution in [0.3, 0.4) is 0 Å². The van der Waals surface area contributed by atoms with Crippen LogP contribution in [0.25, 0.3) is 0 Å². The molecule has 0 amide bonds. The monoisotopic (exact) mass is 219 g/mol. The lowest BCUT2D eigenvalue weighted by Crippen LogP contribution is -2.25. The summed E-state index contributed by atoms with van der Waals surface area (Å²) in [5.74, 6) is -1.03. The van der Waals surface area contributed by atoms with Crippen molar-refractivity contribution in [3.63, 3.8) is 0 Å². The number of aromatic nitrogens is 1. The number of aryl methyl sites for hydroxylation is 1. The molecule has 14 heavy (non-hydrogen) atoms. The highest BCUT2D eigenvalue weighted by Crippen LogP contribution is 2.12. The fourth-order valence-corrected chi connectivity index (χ4v) is 1.72. The van der Waals surface area contributed by atoms with Crippen LogP contribution in [0.15, 0.2) is 10.2 Å². The fraction of sp³-hybridized carbons (Fsp3) is 0.500. The summed E-state index contributed by atoms with van der Waals surface area (Å²) >= 11 is 0.854. The Morgan fingerprint density at radius 2 is 2.43 bits per heavy atom. The van der Waals surface area contributed by atoms with Gasteiger partial charge in [-0.2, -0.15) is 0 Å². The van der Waals surface area contributed by atoms with Crippen LogP contribution >= 0.6 is 11.3 Å². The molecule has 1 aromatic heterocycles. The fourth-order valence-electron chi connectivity index (χ4n) is 0.981. The van der Waals surface area contributed by atoms with Crippen LogP contribution in [-0.2, 0) is 9.53 Å². The minimum Gasteiger partial charge on any atom is -0.462 e. The lowest BCUT2D eigenvalue weighted by atomic mass is 10.5. The number of nitrogens with zero attached hydrogens (tertiary/aromatic N) is 1. The number of carbonyl (C=O) groups excluding carboxylic acids is 1. The molecular weight excluding hydrogens is 209 g/mol. The Morgan fingerprint density at radius 3 is 2.86 bits per heavy atom. The van der Waals surface area contributed by atoms with Crippen LogP contribution in [-0.4, -0.2) is 17.1 Å². The number of hydrogen-bond donors (Lipinski definition) is 0. The Bertz CT molecular complexity index is 384. The summed E-state index contributed by atoms with van der Waals surface area (Å²) in [4.78, 5) is 21.6. The van der Waals surface area contributed by atoms with Crippen molar-refractivity contribution in [3.05, 3.63) is 20.7 Å². The first kappa shape index (κ1) is 10.9. The molecule has 0 radical (unpaired) electrons. The van der Waals surface area contributed by atoms with E-state index in [1.807, 2.05) is 0 Å². The largest absolute Gasteiger partial charge is 0.462 e. The molecule has 78 valence electrons. The van der Waals surface area contributed by atoms with Crippen LogP contribution in [0.2, 0.25) is 0 Å². The zero-order valence-electron chi connectivity index (χ0n) is 7.82. The third-order valence-electron chi connectivity index (χ3n) is 1.61. The second-order valence-corrected chi connectivity index (χ2v) is 3.42. The Morgan fingerprint density at radius 1 is 1.79 bits per heavy atom. The predicted molar refractivity (Wildman–Crippen MR) is 50.1 cm³/mol. The molecule has 1 atom stereocenters. The van der Waals surface area contributed by atoms with E-state index in [9.17, 15) is 14.0 Å². The van der Waals surface area contributed by atoms with Gasteiger partial charge >= 0.3 is 10.8 Å². The Kier molecular flexibility index (Phi) is 3.40. The van der Waals surface area contributed by atoms with Gasteiger partial charge in [0.15, 0.2) is 0 Å². The van der Waals surface area contributed by atoms with Crippen molar-refractivity contribution in [2.24, 2.45) is 0 Å². The maximum Gasteiger partial charge on any atom is 0.362 e. The van der Waals surface area contributed by atoms with Crippen molar-refractivity contribution in [1.82, 2.24) is 4.57 Å². The molecule has 1 rings (SSSR count). The number of alkyl halides is 1. The molecular formula is C8H10FNO3S. The van der Waals surface area contributed by atoms with E-state index in [-0.39, 0.29) is 6.61 Å². The molecule has 4 nitrogen and oxygen atoms in total. The summed E-state index contributed by atoms with van der Waals surface area (Å²) in [6, 6.07) is 0. The molecule has 0 bridgehead atoms. The average Bonchev–Trinajstić information content (AvgIpc) is 2.46. The number of esters is 1. The van der Waals surface area contributed by atoms with E-state index in [0.29, 0.717) is 5.69 Å². The summed E-state index contributed by atoms with van der Waals surface area (Å²) in [7, 11) is 0. The Labute approximate surface area is 83.9 Å². The van der Waals surface area contributed by atoms with Gasteiger partial charge < -0.3 is 4.74 Å². The first-order chi connectivity index (χ1) is 6.57. The highest BCUT2D eigenvalue weighted by Gasteiger charge is 2.23. The number of ether oxygens (including phenoxy) is 1. The standard InChI is InChI=1S/C8H10FNO3S/c1-3-13-7(11)6(9)10-5(2)4-14-8(10)12/h4,6H,3H2,1-2H3. The van der Waals surface area contributed by atoms with E-state index in [1.165, 1.54) is 5.38 Å². The highest BCUT2D eigenvalue weighted by atomic mass is 32.1. The molecule has 0 fully saturated rings. The van der Waals surface area contributed by atoms with E-state index < -0.39 is 17.1 Å². The van der Waals surface area contributed by atoms with Crippen LogP contribution < -0.4 is 4.87 Å². The van der Waals surface area contributed by atoms with Crippen LogP contribution in [0, 0.1) is 6.92 Å². The zero-order chi connectivity index (χ0) is 10.7. The Balaban J connectivity index is 2.94. The SMILES string of the molecule is CCOC(=O)C(F)n1c(C)csc1=O. The van der Waals surface area contributed by atoms with Crippen molar-refractivity contribution >= 4 is 17.3 Å². The normalized spacial score (nSPS) is 12.5. The van der Waals surface area contributed by atoms with E-state index >= 15 is 0 Å². The summed E-state index contributed by atoms with van der Waals surface area (Å²) in [5, 5.41) is 1.49. The van der Waals surface area contributed by atoms with E-state index in [4.69, 9.17) is 0 Å². The second-order valence-electron chi connectivity index (χ2n) is 2.60. The average molecular weight is 219 g/mol. The van der Waals surface area contributed by atoms with Gasteiger partial charge in [0.1, 0.15) is 0 Å². The van der Waals surface area contributed by atoms with Crippen molar-refractivity contribution < 1.29 is 13.9 Å². The number of rotatable bonds is 3. The molecule has 0 aliphatic rings. The van der Waals surface area contributed by atoms with Gasteiger partial charge in [0, 0.05) is 11.1 Å². The van der Waals surface area contributed by atoms with E-state index in [1.54, 1.807) is 13.8 Å². The Hall–Kier alpha value is -1.17. The number of hydrogen-bond acceptors (Lipinski definition) is 4. The van der Waals surface area contributed by atoms with Crippen molar-refractivity contribution in [2.75, 3.05) is 6.61 Å². The highest BCUT2D eigenvalue weighted by molar-refractivity contribution is 7.07. The molecule has 0 aliphatic carbocycles. The summed E-state index contributed by atoms with van der Waals surface area (Å²) in [5.41, 5.74) is 0.417. The third kappa shape index (κ3) is 2.01. The predicted octanol–water partition coefficient (Wildman–Crippen LogP) is 1.25. The van der Waals surface area contributed by atoms with Gasteiger partial charge in [-0.25, -0.2) is 9.18 Å². The van der Waals surface area contributed by atoms with Crippen molar-refractivity contribution in [1.29, 1.82) is 0 Å². The smallest absolute Gasteiger partial charge is 0.362 e. The zero-order valence-corrected chi connectivity index (χ0v) is 8.64. The van der Waals surface area contributed by atoms with Crippen molar-refractivity contribution in [3.8, 4) is 0 Å². The molecule has 1 unspecified atom stereocenters. The second kappa shape index (κ2) is 4.36. The molecule has 0 aromatic carbocycles. The van der Waals surface area contributed by atoms with Gasteiger partial charge in [-0.05, 0) is 13.8 Å². The van der Waals surface area contributed by atoms with E-state index in [0.717, 1.165) is 15.9 Å². The van der Waals surface area contributed by atoms with Crippen LogP contribution in [0.4, 0.5) is 4.39 Å². The lowest BCUT2D eigenvalue weighted by Gasteiger charge is -2.09. The number of halogens is 1. The van der Waals surface area contributed by atoms with Crippen molar-refractivity contribution in [2.45, 2.75) is 20.1 Å². The lowest BCUT2D eigenvalue weighted by molar-refractivity contribution is -0.153. The first-order valence-electron chi connectivity index (χ1n) is 4.05. The summed E-state index contributed by atoms with van der Waals surface area (Å²) < 4.78 is 18.6. The van der Waals surface area contributed by atoms with Gasteiger partial charge in [0.25, 0.3) is 6.30 Å². The molecule has 0 saturated heterocycles. The molecule has 0 N–H and O–H groups in total. The quantitative estimate of drug-likeness (QED) is 0.719. The summed E-state index contributed by atoms with van der Waals surface area (Å²) in [6.45, 7) is 3.23. The summed E-state index contributed by atoms with van der Waals surface area (Å²) in [6.07, 6.45) is -2.03. The molecule has 0 saturated carbocycles.